The summed E-state index contributed by atoms with van der Waals surface area (Å²) in [6, 6.07) is 0. The molecule has 0 aromatic carbocycles. The first kappa shape index (κ1) is 11.2. The van der Waals surface area contributed by atoms with E-state index in [2.05, 4.69) is 6.92 Å². The topological polar surface area (TPSA) is 37.3 Å². The van der Waals surface area contributed by atoms with Crippen molar-refractivity contribution >= 4 is 7.37 Å². The molecule has 1 unspecified atom stereocenters. The lowest BCUT2D eigenvalue weighted by Crippen LogP contribution is -1.87. The summed E-state index contributed by atoms with van der Waals surface area (Å²) in [4.78, 5) is 8.93. The largest absolute Gasteiger partial charge is 0.344 e. The van der Waals surface area contributed by atoms with E-state index in [9.17, 15) is 4.57 Å². The molecule has 0 saturated heterocycles. The molecular formula is C8H19O2P. The monoisotopic (exact) mass is 178 g/mol. The van der Waals surface area contributed by atoms with E-state index in [-0.39, 0.29) is 0 Å². The highest BCUT2D eigenvalue weighted by atomic mass is 31.2. The Kier molecular flexibility index (Phi) is 5.89. The molecule has 0 saturated carbocycles. The molecule has 0 rings (SSSR count). The molecule has 0 aromatic rings. The summed E-state index contributed by atoms with van der Waals surface area (Å²) >= 11 is 0. The quantitative estimate of drug-likeness (QED) is 0.501. The van der Waals surface area contributed by atoms with Crippen molar-refractivity contribution in [2.75, 3.05) is 12.8 Å². The molecule has 68 valence electrons. The Morgan fingerprint density at radius 2 is 1.73 bits per heavy atom. The van der Waals surface area contributed by atoms with Gasteiger partial charge in [0.25, 0.3) is 0 Å². The van der Waals surface area contributed by atoms with Crippen molar-refractivity contribution in [1.82, 2.24) is 0 Å². The zero-order chi connectivity index (χ0) is 8.74. The summed E-state index contributed by atoms with van der Waals surface area (Å²) < 4.78 is 10.8. The van der Waals surface area contributed by atoms with Crippen LogP contribution in [0.25, 0.3) is 0 Å². The van der Waals surface area contributed by atoms with E-state index in [0.29, 0.717) is 6.16 Å². The lowest BCUT2D eigenvalue weighted by atomic mass is 10.2. The maximum atomic E-state index is 10.8. The van der Waals surface area contributed by atoms with E-state index in [4.69, 9.17) is 4.89 Å². The van der Waals surface area contributed by atoms with Gasteiger partial charge in [0.2, 0.25) is 0 Å². The Morgan fingerprint density at radius 1 is 1.18 bits per heavy atom. The Labute approximate surface area is 69.5 Å². The Hall–Kier alpha value is 0.190. The number of unbranched alkanes of at least 4 members (excludes halogenated alkanes) is 4. The van der Waals surface area contributed by atoms with E-state index in [1.807, 2.05) is 0 Å². The summed E-state index contributed by atoms with van der Waals surface area (Å²) in [5, 5.41) is 0. The predicted molar refractivity (Wildman–Crippen MR) is 49.4 cm³/mol. The third-order valence-electron chi connectivity index (χ3n) is 1.68. The molecule has 0 fully saturated rings. The SMILES string of the molecule is CCCCCCCP(C)(=O)O. The lowest BCUT2D eigenvalue weighted by molar-refractivity contribution is 0.481. The highest BCUT2D eigenvalue weighted by Gasteiger charge is 2.07. The molecular weight excluding hydrogens is 159 g/mol. The van der Waals surface area contributed by atoms with Crippen LogP contribution >= 0.6 is 7.37 Å². The fourth-order valence-electron chi connectivity index (χ4n) is 1.01. The van der Waals surface area contributed by atoms with Crippen LogP contribution in [0.15, 0.2) is 0 Å². The second kappa shape index (κ2) is 5.79. The molecule has 0 amide bonds. The molecule has 1 atom stereocenters. The van der Waals surface area contributed by atoms with Crippen molar-refractivity contribution in [1.29, 1.82) is 0 Å². The second-order valence-electron chi connectivity index (χ2n) is 3.19. The van der Waals surface area contributed by atoms with Crippen LogP contribution in [0.3, 0.4) is 0 Å². The maximum Gasteiger partial charge on any atom is 0.197 e. The van der Waals surface area contributed by atoms with Crippen LogP contribution in [0.4, 0.5) is 0 Å². The first-order valence-corrected chi connectivity index (χ1v) is 6.65. The van der Waals surface area contributed by atoms with E-state index >= 15 is 0 Å². The molecule has 11 heavy (non-hydrogen) atoms. The molecule has 0 heterocycles. The molecule has 0 spiro atoms. The van der Waals surface area contributed by atoms with Crippen LogP contribution in [0.2, 0.25) is 0 Å². The number of rotatable bonds is 6. The zero-order valence-corrected chi connectivity index (χ0v) is 8.44. The normalized spacial score (nSPS) is 16.3. The summed E-state index contributed by atoms with van der Waals surface area (Å²) in [5.74, 6) is 0. The van der Waals surface area contributed by atoms with Gasteiger partial charge in [-0.15, -0.1) is 0 Å². The first-order valence-electron chi connectivity index (χ1n) is 4.35. The van der Waals surface area contributed by atoms with Gasteiger partial charge >= 0.3 is 0 Å². The summed E-state index contributed by atoms with van der Waals surface area (Å²) in [6.45, 7) is 3.60. The van der Waals surface area contributed by atoms with Gasteiger partial charge < -0.3 is 4.89 Å². The van der Waals surface area contributed by atoms with Gasteiger partial charge in [0, 0.05) is 12.8 Å². The van der Waals surface area contributed by atoms with Gasteiger partial charge in [-0.05, 0) is 6.42 Å². The van der Waals surface area contributed by atoms with Gasteiger partial charge in [0.05, 0.1) is 0 Å². The van der Waals surface area contributed by atoms with Crippen molar-refractivity contribution in [3.8, 4) is 0 Å². The first-order chi connectivity index (χ1) is 5.06. The van der Waals surface area contributed by atoms with Crippen molar-refractivity contribution in [3.63, 3.8) is 0 Å². The summed E-state index contributed by atoms with van der Waals surface area (Å²) in [7, 11) is -2.71. The van der Waals surface area contributed by atoms with Crippen LogP contribution in [-0.2, 0) is 4.57 Å². The Morgan fingerprint density at radius 3 is 2.18 bits per heavy atom. The van der Waals surface area contributed by atoms with Crippen molar-refractivity contribution in [3.05, 3.63) is 0 Å². The molecule has 0 bridgehead atoms. The standard InChI is InChI=1S/C8H19O2P/c1-3-4-5-6-7-8-11(2,9)10/h3-8H2,1-2H3,(H,9,10). The van der Waals surface area contributed by atoms with Gasteiger partial charge in [0.15, 0.2) is 7.37 Å². The van der Waals surface area contributed by atoms with Gasteiger partial charge in [-0.25, -0.2) is 0 Å². The van der Waals surface area contributed by atoms with E-state index in [1.54, 1.807) is 0 Å². The molecule has 0 aliphatic rings. The van der Waals surface area contributed by atoms with Gasteiger partial charge in [-0.1, -0.05) is 32.6 Å². The minimum Gasteiger partial charge on any atom is -0.344 e. The summed E-state index contributed by atoms with van der Waals surface area (Å²) in [5.41, 5.74) is 0. The van der Waals surface area contributed by atoms with Crippen molar-refractivity contribution in [2.45, 2.75) is 39.0 Å². The molecule has 3 heteroatoms. The van der Waals surface area contributed by atoms with Crippen molar-refractivity contribution < 1.29 is 9.46 Å². The molecule has 0 aromatic heterocycles. The van der Waals surface area contributed by atoms with E-state index in [1.165, 1.54) is 25.9 Å². The highest BCUT2D eigenvalue weighted by molar-refractivity contribution is 7.57. The van der Waals surface area contributed by atoms with Crippen LogP contribution in [-0.4, -0.2) is 17.7 Å². The zero-order valence-electron chi connectivity index (χ0n) is 7.55. The third-order valence-corrected chi connectivity index (χ3v) is 2.82. The van der Waals surface area contributed by atoms with Gasteiger partial charge in [0.1, 0.15) is 0 Å². The van der Waals surface area contributed by atoms with Crippen LogP contribution < -0.4 is 0 Å². The van der Waals surface area contributed by atoms with Crippen LogP contribution in [0, 0.1) is 0 Å². The predicted octanol–water partition coefficient (Wildman–Crippen LogP) is 2.86. The molecule has 2 nitrogen and oxygen atoms in total. The minimum absolute atomic E-state index is 0.497. The average Bonchev–Trinajstić information content (AvgIpc) is 1.85. The van der Waals surface area contributed by atoms with Crippen LogP contribution in [0.1, 0.15) is 39.0 Å². The molecule has 0 aliphatic heterocycles. The Bertz CT molecular complexity index is 128. The minimum atomic E-state index is -2.71. The average molecular weight is 178 g/mol. The van der Waals surface area contributed by atoms with Gasteiger partial charge in [-0.2, -0.15) is 0 Å². The fourth-order valence-corrected chi connectivity index (χ4v) is 1.82. The van der Waals surface area contributed by atoms with E-state index in [0.717, 1.165) is 12.8 Å². The Balaban J connectivity index is 3.09. The number of hydrogen-bond donors (Lipinski definition) is 1. The van der Waals surface area contributed by atoms with Crippen molar-refractivity contribution in [2.24, 2.45) is 0 Å². The molecule has 0 radical (unpaired) electrons. The second-order valence-corrected chi connectivity index (χ2v) is 5.74. The smallest absolute Gasteiger partial charge is 0.197 e. The third kappa shape index (κ3) is 10.2. The van der Waals surface area contributed by atoms with E-state index < -0.39 is 7.37 Å². The summed E-state index contributed by atoms with van der Waals surface area (Å²) in [6.07, 6.45) is 6.19. The maximum absolute atomic E-state index is 10.8. The molecule has 1 N–H and O–H groups in total. The number of hydrogen-bond acceptors (Lipinski definition) is 1. The lowest BCUT2D eigenvalue weighted by Gasteiger charge is -2.03. The highest BCUT2D eigenvalue weighted by Crippen LogP contribution is 2.36. The fraction of sp³-hybridized carbons (Fsp3) is 1.00. The van der Waals surface area contributed by atoms with Crippen LogP contribution in [0.5, 0.6) is 0 Å². The van der Waals surface area contributed by atoms with Gasteiger partial charge in [-0.3, -0.25) is 4.57 Å². The molecule has 0 aliphatic carbocycles.